The molecule has 0 saturated carbocycles. The summed E-state index contributed by atoms with van der Waals surface area (Å²) in [6.45, 7) is 2.35. The van der Waals surface area contributed by atoms with Crippen LogP contribution < -0.4 is 0 Å². The summed E-state index contributed by atoms with van der Waals surface area (Å²) >= 11 is 1.04. The Morgan fingerprint density at radius 3 is 3.17 bits per heavy atom. The third-order valence-corrected chi connectivity index (χ3v) is 2.44. The van der Waals surface area contributed by atoms with Crippen molar-refractivity contribution < 1.29 is 14.1 Å². The topological polar surface area (TPSA) is 104 Å². The molecule has 0 spiro atoms. The molecule has 18 heavy (non-hydrogen) atoms. The van der Waals surface area contributed by atoms with Gasteiger partial charge in [0, 0.05) is 11.5 Å². The van der Waals surface area contributed by atoms with Gasteiger partial charge in [-0.2, -0.15) is 14.3 Å². The number of nitro groups is 1. The number of nitrogens with zero attached hydrogens (tertiary/aromatic N) is 4. The van der Waals surface area contributed by atoms with Crippen LogP contribution in [0.3, 0.4) is 0 Å². The molecule has 0 aromatic carbocycles. The van der Waals surface area contributed by atoms with Crippen LogP contribution in [0.15, 0.2) is 21.5 Å². The van der Waals surface area contributed by atoms with Gasteiger partial charge in [-0.25, -0.2) is 0 Å². The van der Waals surface area contributed by atoms with Gasteiger partial charge >= 0.3 is 5.88 Å². The van der Waals surface area contributed by atoms with Gasteiger partial charge in [-0.1, -0.05) is 0 Å². The van der Waals surface area contributed by atoms with Crippen molar-refractivity contribution in [1.29, 1.82) is 0 Å². The van der Waals surface area contributed by atoms with Crippen LogP contribution in [0.1, 0.15) is 6.92 Å². The summed E-state index contributed by atoms with van der Waals surface area (Å²) in [4.78, 5) is 17.8. The second-order valence-electron chi connectivity index (χ2n) is 2.99. The predicted molar refractivity (Wildman–Crippen MR) is 64.0 cm³/mol. The van der Waals surface area contributed by atoms with Gasteiger partial charge in [0.2, 0.25) is 11.0 Å². The van der Waals surface area contributed by atoms with Crippen molar-refractivity contribution in [2.24, 2.45) is 4.99 Å². The fraction of sp³-hybridized carbons (Fsp3) is 0.222. The number of hydrogen-bond acceptors (Lipinski definition) is 8. The van der Waals surface area contributed by atoms with Crippen molar-refractivity contribution in [3.63, 3.8) is 0 Å². The van der Waals surface area contributed by atoms with Crippen molar-refractivity contribution in [2.75, 3.05) is 6.61 Å². The first-order chi connectivity index (χ1) is 8.70. The Balaban J connectivity index is 2.16. The van der Waals surface area contributed by atoms with Gasteiger partial charge in [0.05, 0.1) is 12.7 Å². The van der Waals surface area contributed by atoms with Crippen LogP contribution in [0.4, 0.5) is 11.0 Å². The standard InChI is InChI=1S/C9H8N4O4S/c1-2-16-5-10-9-11-8(12-18-9)6-3-4-7(17-6)13(14)15/h3-5H,2H2,1H3. The van der Waals surface area contributed by atoms with E-state index in [1.54, 1.807) is 0 Å². The Kier molecular flexibility index (Phi) is 3.63. The summed E-state index contributed by atoms with van der Waals surface area (Å²) in [6, 6.07) is 2.69. The molecule has 0 bridgehead atoms. The lowest BCUT2D eigenvalue weighted by atomic mass is 10.4. The summed E-state index contributed by atoms with van der Waals surface area (Å²) in [7, 11) is 0. The Morgan fingerprint density at radius 1 is 1.67 bits per heavy atom. The monoisotopic (exact) mass is 268 g/mol. The van der Waals surface area contributed by atoms with Crippen molar-refractivity contribution in [1.82, 2.24) is 9.36 Å². The Hall–Kier alpha value is -2.29. The second-order valence-corrected chi connectivity index (χ2v) is 3.72. The summed E-state index contributed by atoms with van der Waals surface area (Å²) < 4.78 is 13.9. The lowest BCUT2D eigenvalue weighted by Gasteiger charge is -1.88. The molecule has 0 fully saturated rings. The van der Waals surface area contributed by atoms with E-state index in [4.69, 9.17) is 9.15 Å². The fourth-order valence-corrected chi connectivity index (χ4v) is 1.59. The van der Waals surface area contributed by atoms with E-state index in [0.29, 0.717) is 11.7 Å². The van der Waals surface area contributed by atoms with Gasteiger partial charge < -0.3 is 9.15 Å². The first-order valence-corrected chi connectivity index (χ1v) is 5.70. The van der Waals surface area contributed by atoms with E-state index in [2.05, 4.69) is 14.3 Å². The molecule has 8 nitrogen and oxygen atoms in total. The van der Waals surface area contributed by atoms with Gasteiger partial charge in [0.25, 0.3) is 0 Å². The van der Waals surface area contributed by atoms with E-state index < -0.39 is 4.92 Å². The maximum absolute atomic E-state index is 10.5. The summed E-state index contributed by atoms with van der Waals surface area (Å²) in [6.07, 6.45) is 1.27. The molecule has 0 atom stereocenters. The molecule has 0 aliphatic heterocycles. The SMILES string of the molecule is CCOC=Nc1nc(-c2ccc([N+](=O)[O-])o2)ns1. The highest BCUT2D eigenvalue weighted by atomic mass is 32.1. The molecule has 0 amide bonds. The van der Waals surface area contributed by atoms with Crippen molar-refractivity contribution in [3.05, 3.63) is 22.2 Å². The highest BCUT2D eigenvalue weighted by molar-refractivity contribution is 7.09. The first-order valence-electron chi connectivity index (χ1n) is 4.93. The Labute approximate surface area is 105 Å². The van der Waals surface area contributed by atoms with Crippen LogP contribution in [-0.2, 0) is 4.74 Å². The van der Waals surface area contributed by atoms with Crippen molar-refractivity contribution in [3.8, 4) is 11.6 Å². The minimum atomic E-state index is -0.621. The zero-order chi connectivity index (χ0) is 13.0. The average Bonchev–Trinajstić information content (AvgIpc) is 2.97. The van der Waals surface area contributed by atoms with Crippen LogP contribution in [0.25, 0.3) is 11.6 Å². The zero-order valence-corrected chi connectivity index (χ0v) is 10.1. The number of aromatic nitrogens is 2. The normalized spacial score (nSPS) is 10.9. The average molecular weight is 268 g/mol. The van der Waals surface area contributed by atoms with Crippen LogP contribution in [-0.4, -0.2) is 27.3 Å². The molecular formula is C9H8N4O4S. The van der Waals surface area contributed by atoms with Gasteiger partial charge in [0.15, 0.2) is 12.2 Å². The van der Waals surface area contributed by atoms with Crippen LogP contribution in [0, 0.1) is 10.1 Å². The highest BCUT2D eigenvalue weighted by Crippen LogP contribution is 2.27. The minimum Gasteiger partial charge on any atom is -0.483 e. The predicted octanol–water partition coefficient (Wildman–Crippen LogP) is 2.40. The van der Waals surface area contributed by atoms with Crippen LogP contribution in [0.2, 0.25) is 0 Å². The molecule has 2 aromatic rings. The third kappa shape index (κ3) is 2.69. The fourth-order valence-electron chi connectivity index (χ4n) is 1.07. The first kappa shape index (κ1) is 12.2. The van der Waals surface area contributed by atoms with Crippen LogP contribution >= 0.6 is 11.5 Å². The summed E-state index contributed by atoms with van der Waals surface area (Å²) in [5.74, 6) is 0.145. The number of hydrogen-bond donors (Lipinski definition) is 0. The molecule has 94 valence electrons. The van der Waals surface area contributed by atoms with E-state index in [1.807, 2.05) is 6.92 Å². The van der Waals surface area contributed by atoms with Crippen molar-refractivity contribution >= 4 is 28.9 Å². The maximum Gasteiger partial charge on any atom is 0.433 e. The third-order valence-electron chi connectivity index (χ3n) is 1.81. The van der Waals surface area contributed by atoms with E-state index in [-0.39, 0.29) is 17.5 Å². The summed E-state index contributed by atoms with van der Waals surface area (Å²) in [5.41, 5.74) is 0. The smallest absolute Gasteiger partial charge is 0.433 e. The van der Waals surface area contributed by atoms with Crippen molar-refractivity contribution in [2.45, 2.75) is 6.92 Å². The molecule has 0 N–H and O–H groups in total. The molecule has 0 unspecified atom stereocenters. The quantitative estimate of drug-likeness (QED) is 0.357. The van der Waals surface area contributed by atoms with E-state index >= 15 is 0 Å². The lowest BCUT2D eigenvalue weighted by Crippen LogP contribution is -1.83. The second kappa shape index (κ2) is 5.36. The minimum absolute atomic E-state index is 0.232. The van der Waals surface area contributed by atoms with Gasteiger partial charge in [-0.05, 0) is 13.0 Å². The molecule has 2 aromatic heterocycles. The molecule has 0 aliphatic carbocycles. The molecular weight excluding hydrogens is 260 g/mol. The molecule has 0 saturated heterocycles. The molecule has 2 heterocycles. The van der Waals surface area contributed by atoms with Gasteiger partial charge in [-0.15, -0.1) is 0 Å². The number of furan rings is 1. The number of ether oxygens (including phenoxy) is 1. The summed E-state index contributed by atoms with van der Waals surface area (Å²) in [5, 5.41) is 10.8. The lowest BCUT2D eigenvalue weighted by molar-refractivity contribution is -0.401. The largest absolute Gasteiger partial charge is 0.483 e. The van der Waals surface area contributed by atoms with E-state index in [1.165, 1.54) is 18.5 Å². The maximum atomic E-state index is 10.5. The zero-order valence-electron chi connectivity index (χ0n) is 9.27. The Morgan fingerprint density at radius 2 is 2.50 bits per heavy atom. The molecule has 9 heteroatoms. The van der Waals surface area contributed by atoms with Gasteiger partial charge in [0.1, 0.15) is 4.92 Å². The number of rotatable bonds is 5. The molecule has 2 rings (SSSR count). The Bertz CT molecular complexity index is 577. The molecule has 0 radical (unpaired) electrons. The van der Waals surface area contributed by atoms with E-state index in [9.17, 15) is 10.1 Å². The number of aliphatic imine (C=N–C) groups is 1. The molecule has 0 aliphatic rings. The van der Waals surface area contributed by atoms with E-state index in [0.717, 1.165) is 11.5 Å². The highest BCUT2D eigenvalue weighted by Gasteiger charge is 2.16. The van der Waals surface area contributed by atoms with Gasteiger partial charge in [-0.3, -0.25) is 10.1 Å². The van der Waals surface area contributed by atoms with Crippen LogP contribution in [0.5, 0.6) is 0 Å².